The molecule has 2 aromatic heterocycles. The average Bonchev–Trinajstić information content (AvgIpc) is 3.65. The molecule has 0 aliphatic heterocycles. The Hall–Kier alpha value is -7.01. The molecule has 0 atom stereocenters. The summed E-state index contributed by atoms with van der Waals surface area (Å²) < 4.78 is 2.44. The van der Waals surface area contributed by atoms with E-state index in [0.717, 1.165) is 38.8 Å². The predicted molar refractivity (Wildman–Crippen MR) is 232 cm³/mol. The van der Waals surface area contributed by atoms with E-state index in [9.17, 15) is 0 Å². The molecule has 0 aliphatic rings. The van der Waals surface area contributed by atoms with E-state index >= 15 is 0 Å². The van der Waals surface area contributed by atoms with Crippen molar-refractivity contribution in [2.24, 2.45) is 0 Å². The Balaban J connectivity index is 1.15. The Morgan fingerprint density at radius 3 is 1.38 bits per heavy atom. The van der Waals surface area contributed by atoms with E-state index in [0.29, 0.717) is 17.5 Å². The molecule has 0 N–H and O–H groups in total. The minimum Gasteiger partial charge on any atom is -0.208 e. The Morgan fingerprint density at radius 1 is 0.273 bits per heavy atom. The van der Waals surface area contributed by atoms with E-state index in [1.54, 1.807) is 0 Å². The lowest BCUT2D eigenvalue weighted by atomic mass is 9.91. The van der Waals surface area contributed by atoms with Gasteiger partial charge in [0.1, 0.15) is 0 Å². The van der Waals surface area contributed by atoms with Crippen LogP contribution in [0.15, 0.2) is 188 Å². The first-order valence-corrected chi connectivity index (χ1v) is 19.3. The summed E-state index contributed by atoms with van der Waals surface area (Å²) in [6.07, 6.45) is 0. The van der Waals surface area contributed by atoms with E-state index < -0.39 is 0 Å². The highest BCUT2D eigenvalue weighted by molar-refractivity contribution is 7.26. The van der Waals surface area contributed by atoms with Gasteiger partial charge in [-0.3, -0.25) is 0 Å². The van der Waals surface area contributed by atoms with Gasteiger partial charge >= 0.3 is 0 Å². The summed E-state index contributed by atoms with van der Waals surface area (Å²) >= 11 is 1.82. The zero-order valence-electron chi connectivity index (χ0n) is 29.6. The van der Waals surface area contributed by atoms with Gasteiger partial charge in [-0.15, -0.1) is 11.3 Å². The Labute approximate surface area is 321 Å². The molecule has 4 heteroatoms. The molecule has 2 heterocycles. The van der Waals surface area contributed by atoms with E-state index in [2.05, 4.69) is 164 Å². The highest BCUT2D eigenvalue weighted by Crippen LogP contribution is 2.44. The highest BCUT2D eigenvalue weighted by atomic mass is 32.1. The van der Waals surface area contributed by atoms with Crippen molar-refractivity contribution in [3.8, 4) is 56.4 Å². The first-order chi connectivity index (χ1) is 27.2. The second kappa shape index (κ2) is 12.8. The molecule has 55 heavy (non-hydrogen) atoms. The molecule has 256 valence electrons. The Kier molecular flexibility index (Phi) is 7.35. The molecule has 11 aromatic rings. The van der Waals surface area contributed by atoms with Gasteiger partial charge in [0.15, 0.2) is 17.5 Å². The van der Waals surface area contributed by atoms with Gasteiger partial charge in [0.25, 0.3) is 0 Å². The predicted octanol–water partition coefficient (Wildman–Crippen LogP) is 14.0. The lowest BCUT2D eigenvalue weighted by Crippen LogP contribution is -2.00. The zero-order chi connectivity index (χ0) is 36.3. The molecule has 0 amide bonds. The van der Waals surface area contributed by atoms with Crippen molar-refractivity contribution in [1.29, 1.82) is 0 Å². The maximum Gasteiger partial charge on any atom is 0.164 e. The minimum atomic E-state index is 0.644. The van der Waals surface area contributed by atoms with Gasteiger partial charge in [0, 0.05) is 36.9 Å². The summed E-state index contributed by atoms with van der Waals surface area (Å²) in [5.41, 5.74) is 7.49. The van der Waals surface area contributed by atoms with Crippen LogP contribution in [0, 0.1) is 0 Å². The van der Waals surface area contributed by atoms with E-state index in [4.69, 9.17) is 15.0 Å². The molecule has 0 spiro atoms. The van der Waals surface area contributed by atoms with Crippen molar-refractivity contribution in [3.05, 3.63) is 188 Å². The first kappa shape index (κ1) is 31.5. The third-order valence-electron chi connectivity index (χ3n) is 10.7. The van der Waals surface area contributed by atoms with Crippen LogP contribution < -0.4 is 0 Å². The molecule has 3 nitrogen and oxygen atoms in total. The number of benzene rings is 9. The maximum atomic E-state index is 5.28. The van der Waals surface area contributed by atoms with Crippen LogP contribution in [0.5, 0.6) is 0 Å². The molecular formula is C51H31N3S. The molecule has 0 saturated carbocycles. The van der Waals surface area contributed by atoms with Crippen molar-refractivity contribution in [3.63, 3.8) is 0 Å². The molecule has 0 bridgehead atoms. The summed E-state index contributed by atoms with van der Waals surface area (Å²) in [7, 11) is 0. The van der Waals surface area contributed by atoms with Gasteiger partial charge in [-0.05, 0) is 78.8 Å². The average molecular weight is 718 g/mol. The van der Waals surface area contributed by atoms with Crippen LogP contribution in [0.3, 0.4) is 0 Å². The maximum absolute atomic E-state index is 5.28. The van der Waals surface area contributed by atoms with E-state index in [-0.39, 0.29) is 0 Å². The summed E-state index contributed by atoms with van der Waals surface area (Å²) in [6.45, 7) is 0. The standard InChI is InChI=1S/C51H31N3S/c1-3-13-32(14-4-1)33-23-25-35(26-24-33)50-52-49(34-15-5-2-6-16-34)53-51(54-50)45-30-37(31-47-48(45)43-21-11-12-22-46(43)55-47)36-27-28-42-40-19-8-7-17-38(40)39-18-9-10-20-41(39)44(42)29-36/h1-31H. The summed E-state index contributed by atoms with van der Waals surface area (Å²) in [4.78, 5) is 15.6. The van der Waals surface area contributed by atoms with E-state index in [1.807, 2.05) is 35.6 Å². The monoisotopic (exact) mass is 717 g/mol. The van der Waals surface area contributed by atoms with Crippen LogP contribution in [-0.2, 0) is 0 Å². The number of aromatic nitrogens is 3. The fraction of sp³-hybridized carbons (Fsp3) is 0. The van der Waals surface area contributed by atoms with Crippen LogP contribution in [0.1, 0.15) is 0 Å². The molecule has 11 rings (SSSR count). The minimum absolute atomic E-state index is 0.644. The number of hydrogen-bond acceptors (Lipinski definition) is 4. The van der Waals surface area contributed by atoms with Crippen LogP contribution in [0.25, 0.3) is 109 Å². The zero-order valence-corrected chi connectivity index (χ0v) is 30.5. The lowest BCUT2D eigenvalue weighted by molar-refractivity contribution is 1.08. The van der Waals surface area contributed by atoms with Crippen LogP contribution in [0.4, 0.5) is 0 Å². The van der Waals surface area contributed by atoms with Crippen LogP contribution >= 0.6 is 11.3 Å². The van der Waals surface area contributed by atoms with Gasteiger partial charge < -0.3 is 0 Å². The summed E-state index contributed by atoms with van der Waals surface area (Å²) in [5.74, 6) is 1.95. The quantitative estimate of drug-likeness (QED) is 0.166. The second-order valence-electron chi connectivity index (χ2n) is 14.0. The normalized spacial score (nSPS) is 11.6. The van der Waals surface area contributed by atoms with Gasteiger partial charge in [0.05, 0.1) is 0 Å². The van der Waals surface area contributed by atoms with Gasteiger partial charge in [-0.1, -0.05) is 164 Å². The van der Waals surface area contributed by atoms with Crippen molar-refractivity contribution >= 4 is 63.8 Å². The largest absolute Gasteiger partial charge is 0.208 e. The molecule has 0 unspecified atom stereocenters. The molecule has 0 saturated heterocycles. The number of thiophene rings is 1. The lowest BCUT2D eigenvalue weighted by Gasteiger charge is -2.14. The van der Waals surface area contributed by atoms with Crippen LogP contribution in [-0.4, -0.2) is 15.0 Å². The number of hydrogen-bond donors (Lipinski definition) is 0. The SMILES string of the molecule is c1ccc(-c2ccc(-c3nc(-c4ccccc4)nc(-c4cc(-c5ccc6c7ccccc7c7ccccc7c6c5)cc5sc6ccccc6c45)n3)cc2)cc1. The molecule has 0 aliphatic carbocycles. The second-order valence-corrected chi connectivity index (χ2v) is 15.0. The number of nitrogens with zero attached hydrogens (tertiary/aromatic N) is 3. The third kappa shape index (κ3) is 5.38. The molecule has 0 fully saturated rings. The molecular weight excluding hydrogens is 687 g/mol. The Morgan fingerprint density at radius 2 is 0.727 bits per heavy atom. The van der Waals surface area contributed by atoms with E-state index in [1.165, 1.54) is 52.7 Å². The van der Waals surface area contributed by atoms with Crippen molar-refractivity contribution < 1.29 is 0 Å². The Bertz CT molecular complexity index is 3210. The molecule has 9 aromatic carbocycles. The fourth-order valence-electron chi connectivity index (χ4n) is 8.07. The number of fused-ring (bicyclic) bond motifs is 9. The summed E-state index contributed by atoms with van der Waals surface area (Å²) in [6, 6.07) is 66.9. The van der Waals surface area contributed by atoms with Gasteiger partial charge in [-0.25, -0.2) is 15.0 Å². The smallest absolute Gasteiger partial charge is 0.164 e. The first-order valence-electron chi connectivity index (χ1n) is 18.5. The molecule has 0 radical (unpaired) electrons. The topological polar surface area (TPSA) is 38.7 Å². The van der Waals surface area contributed by atoms with Crippen molar-refractivity contribution in [1.82, 2.24) is 15.0 Å². The van der Waals surface area contributed by atoms with Crippen molar-refractivity contribution in [2.75, 3.05) is 0 Å². The van der Waals surface area contributed by atoms with Gasteiger partial charge in [0.2, 0.25) is 0 Å². The number of rotatable bonds is 5. The highest BCUT2D eigenvalue weighted by Gasteiger charge is 2.19. The summed E-state index contributed by atoms with van der Waals surface area (Å²) in [5, 5.41) is 9.95. The van der Waals surface area contributed by atoms with Crippen LogP contribution in [0.2, 0.25) is 0 Å². The van der Waals surface area contributed by atoms with Crippen molar-refractivity contribution in [2.45, 2.75) is 0 Å². The van der Waals surface area contributed by atoms with Gasteiger partial charge in [-0.2, -0.15) is 0 Å². The fourth-order valence-corrected chi connectivity index (χ4v) is 9.24. The third-order valence-corrected chi connectivity index (χ3v) is 11.8.